The van der Waals surface area contributed by atoms with Crippen molar-refractivity contribution in [2.75, 3.05) is 20.8 Å². The van der Waals surface area contributed by atoms with E-state index in [9.17, 15) is 0 Å². The van der Waals surface area contributed by atoms with Crippen LogP contribution in [0.5, 0.6) is 0 Å². The summed E-state index contributed by atoms with van der Waals surface area (Å²) in [5, 5.41) is 16.8. The quantitative estimate of drug-likeness (QED) is 0.0627. The molecule has 5 N–H and O–H groups in total. The number of benzene rings is 5. The molecule has 9 aromatic rings. The Morgan fingerprint density at radius 2 is 1.46 bits per heavy atom. The third kappa shape index (κ3) is 11.5. The van der Waals surface area contributed by atoms with Gasteiger partial charge in [-0.2, -0.15) is 0 Å². The molecule has 0 aliphatic heterocycles. The molecule has 7 nitrogen and oxygen atoms in total. The molecular weight excluding hydrogens is 855 g/mol. The summed E-state index contributed by atoms with van der Waals surface area (Å²) in [7, 11) is 3.45. The number of aryl methyl sites for hydroxylation is 1. The third-order valence-electron chi connectivity index (χ3n) is 12.5. The van der Waals surface area contributed by atoms with E-state index in [2.05, 4.69) is 226 Å². The fourth-order valence-corrected chi connectivity index (χ4v) is 9.16. The van der Waals surface area contributed by atoms with Crippen LogP contribution in [0, 0.1) is 0 Å². The molecule has 0 spiro atoms. The minimum Gasteiger partial charge on any atom is -0.333 e. The van der Waals surface area contributed by atoms with E-state index >= 15 is 0 Å². The lowest BCUT2D eigenvalue weighted by Gasteiger charge is -2.14. The van der Waals surface area contributed by atoms with Crippen LogP contribution in [-0.2, 0) is 19.4 Å². The monoisotopic (exact) mass is 930 g/mol. The highest BCUT2D eigenvalue weighted by atomic mass is 15.2. The number of rotatable bonds is 10. The second-order valence-electron chi connectivity index (χ2n) is 17.0. The van der Waals surface area contributed by atoms with Crippen molar-refractivity contribution in [1.82, 2.24) is 29.2 Å². The molecule has 362 valence electrons. The molecule has 0 saturated carbocycles. The minimum atomic E-state index is 0.754. The number of fused-ring (bicyclic) bond motifs is 6. The van der Waals surface area contributed by atoms with Gasteiger partial charge in [0.2, 0.25) is 0 Å². The topological polar surface area (TPSA) is 79.6 Å². The summed E-state index contributed by atoms with van der Waals surface area (Å²) in [6.07, 6.45) is 20.8. The lowest BCUT2D eigenvalue weighted by atomic mass is 10.00. The fraction of sp³-hybridized carbons (Fsp3) is 0.238. The first kappa shape index (κ1) is 52.2. The van der Waals surface area contributed by atoms with Crippen molar-refractivity contribution in [1.29, 1.82) is 0 Å². The van der Waals surface area contributed by atoms with E-state index in [1.54, 1.807) is 0 Å². The molecule has 4 heterocycles. The Balaban J connectivity index is 0.000000248. The molecular formula is C63H75N7. The fourth-order valence-electron chi connectivity index (χ4n) is 9.16. The molecule has 2 bridgehead atoms. The number of nitrogens with one attached hydrogen (secondary N) is 3. The number of allylic oxidation sites excluding steroid dienone is 5. The van der Waals surface area contributed by atoms with E-state index in [-0.39, 0.29) is 0 Å². The van der Waals surface area contributed by atoms with E-state index in [4.69, 9.17) is 6.58 Å². The van der Waals surface area contributed by atoms with Gasteiger partial charge >= 0.3 is 0 Å². The predicted molar refractivity (Wildman–Crippen MR) is 307 cm³/mol. The number of nitrogens with two attached hydrogens (primary N) is 1. The van der Waals surface area contributed by atoms with Gasteiger partial charge in [-0.05, 0) is 111 Å². The van der Waals surface area contributed by atoms with Crippen LogP contribution in [0.4, 0.5) is 0 Å². The second kappa shape index (κ2) is 26.0. The maximum Gasteiger partial charge on any atom is 0.0784 e. The highest BCUT2D eigenvalue weighted by Gasteiger charge is 2.20. The van der Waals surface area contributed by atoms with Gasteiger partial charge in [-0.15, -0.1) is 0 Å². The summed E-state index contributed by atoms with van der Waals surface area (Å²) in [6, 6.07) is 45.6. The predicted octanol–water partition coefficient (Wildman–Crippen LogP) is 13.6. The van der Waals surface area contributed by atoms with Gasteiger partial charge in [-0.25, -0.2) is 0 Å². The number of hydrogen-bond acceptors (Lipinski definition) is 3. The third-order valence-corrected chi connectivity index (χ3v) is 12.5. The van der Waals surface area contributed by atoms with E-state index in [0.29, 0.717) is 0 Å². The van der Waals surface area contributed by atoms with Gasteiger partial charge in [0.05, 0.1) is 22.1 Å². The van der Waals surface area contributed by atoms with Crippen LogP contribution >= 0.6 is 0 Å². The first-order valence-corrected chi connectivity index (χ1v) is 25.1. The Hall–Kier alpha value is -7.16. The molecule has 1 aliphatic rings. The summed E-state index contributed by atoms with van der Waals surface area (Å²) in [6.45, 7) is 23.4. The van der Waals surface area contributed by atoms with Crippen molar-refractivity contribution < 1.29 is 0 Å². The van der Waals surface area contributed by atoms with Gasteiger partial charge in [0.25, 0.3) is 0 Å². The van der Waals surface area contributed by atoms with Gasteiger partial charge < -0.3 is 30.4 Å². The number of aromatic amines is 1. The highest BCUT2D eigenvalue weighted by Crippen LogP contribution is 2.35. The number of unbranched alkanes of at least 4 members (excludes halogenated alkanes) is 1. The molecule has 1 aliphatic carbocycles. The SMILES string of the molecule is C/C=C\C(=C/C)c1ccc(Cc2ccccc2)cc1.C=c1c2c3ccc4c5c(n(c(=C)cc[nH]n6c7ccccc7c(ccn3-c3cccc(CNCNC)c3)c16)c42)CCC=C5.CC.CCCC.CN. The van der Waals surface area contributed by atoms with E-state index < -0.39 is 0 Å². The number of para-hydroxylation sites is 1. The lowest BCUT2D eigenvalue weighted by Crippen LogP contribution is -2.25. The number of H-pyrrole nitrogens is 1. The number of hydrogen-bond donors (Lipinski definition) is 4. The second-order valence-corrected chi connectivity index (χ2v) is 17.0. The normalized spacial score (nSPS) is 11.9. The van der Waals surface area contributed by atoms with Crippen molar-refractivity contribution in [2.45, 2.75) is 80.2 Å². The Kier molecular flexibility index (Phi) is 19.4. The van der Waals surface area contributed by atoms with Gasteiger partial charge in [0, 0.05) is 74.7 Å². The molecule has 0 fully saturated rings. The molecule has 0 amide bonds. The van der Waals surface area contributed by atoms with Crippen LogP contribution in [0.1, 0.15) is 94.3 Å². The van der Waals surface area contributed by atoms with Crippen molar-refractivity contribution in [2.24, 2.45) is 5.73 Å². The summed E-state index contributed by atoms with van der Waals surface area (Å²) >= 11 is 0. The molecule has 10 rings (SSSR count). The van der Waals surface area contributed by atoms with Crippen LogP contribution in [0.25, 0.3) is 74.1 Å². The molecule has 5 aromatic carbocycles. The largest absolute Gasteiger partial charge is 0.333 e. The van der Waals surface area contributed by atoms with Crippen LogP contribution in [0.2, 0.25) is 0 Å². The standard InChI is InChI=1S/C37H34N6.C19H20.C4H10.C2H6.CH5N/c1-24-17-19-40-43-33-14-7-5-12-29(33)31-18-20-41(27-10-8-9-26(21-27)22-39-23-38-3)34-16-15-30-28-11-4-6-13-32(28)42(24)37(30)35(34)25(2)36(31)43;1-3-8-18(4-2)19-13-11-17(12-14-19)15-16-9-6-5-7-10-16;1-3-4-2;2*1-2/h4-5,7-12,14-21,38-40H,1-2,6,13,22-23H2,3H3;3-14H,15H2,1-2H3;3-4H2,1-2H3;1-2H3;2H2,1H3/b;8-3-,18-4+;;;. The zero-order chi connectivity index (χ0) is 50.0. The number of nitrogens with zero attached hydrogens (tertiary/aromatic N) is 3. The molecule has 4 aromatic heterocycles. The first-order valence-electron chi connectivity index (χ1n) is 25.1. The summed E-state index contributed by atoms with van der Waals surface area (Å²) in [5.74, 6) is 0. The molecule has 0 atom stereocenters. The van der Waals surface area contributed by atoms with E-state index in [1.165, 1.54) is 69.7 Å². The minimum absolute atomic E-state index is 0.754. The average Bonchev–Trinajstić information content (AvgIpc) is 3.91. The zero-order valence-corrected chi connectivity index (χ0v) is 42.9. The van der Waals surface area contributed by atoms with Crippen molar-refractivity contribution in [3.63, 3.8) is 0 Å². The van der Waals surface area contributed by atoms with E-state index in [0.717, 1.165) is 81.6 Å². The maximum atomic E-state index is 4.86. The zero-order valence-electron chi connectivity index (χ0n) is 42.9. The van der Waals surface area contributed by atoms with Gasteiger partial charge in [0.15, 0.2) is 0 Å². The Bertz CT molecular complexity index is 3370. The van der Waals surface area contributed by atoms with Crippen molar-refractivity contribution in [3.05, 3.63) is 208 Å². The smallest absolute Gasteiger partial charge is 0.0784 e. The van der Waals surface area contributed by atoms with Crippen LogP contribution in [0.15, 0.2) is 164 Å². The van der Waals surface area contributed by atoms with Gasteiger partial charge in [0.1, 0.15) is 0 Å². The molecule has 0 radical (unpaired) electrons. The summed E-state index contributed by atoms with van der Waals surface area (Å²) in [5.41, 5.74) is 19.1. The highest BCUT2D eigenvalue weighted by molar-refractivity contribution is 6.14. The Morgan fingerprint density at radius 1 is 0.743 bits per heavy atom. The van der Waals surface area contributed by atoms with Crippen LogP contribution in [0.3, 0.4) is 0 Å². The molecule has 0 saturated heterocycles. The molecule has 7 heteroatoms. The first-order chi connectivity index (χ1) is 34.4. The molecule has 0 unspecified atom stereocenters. The lowest BCUT2D eigenvalue weighted by molar-refractivity contribution is 0.632. The Morgan fingerprint density at radius 3 is 2.17 bits per heavy atom. The van der Waals surface area contributed by atoms with Crippen LogP contribution in [-0.4, -0.2) is 39.3 Å². The van der Waals surface area contributed by atoms with Gasteiger partial charge in [-0.1, -0.05) is 175 Å². The maximum absolute atomic E-state index is 4.86. The van der Waals surface area contributed by atoms with Crippen molar-refractivity contribution >= 4 is 68.4 Å². The molecule has 70 heavy (non-hydrogen) atoms. The van der Waals surface area contributed by atoms with Crippen LogP contribution < -0.4 is 26.9 Å². The summed E-state index contributed by atoms with van der Waals surface area (Å²) in [4.78, 5) is 0. The number of aromatic nitrogens is 4. The average molecular weight is 930 g/mol. The summed E-state index contributed by atoms with van der Waals surface area (Å²) < 4.78 is 6.86. The van der Waals surface area contributed by atoms with Crippen molar-refractivity contribution in [3.8, 4) is 5.69 Å². The van der Waals surface area contributed by atoms with Gasteiger partial charge in [-0.3, -0.25) is 4.52 Å². The Labute approximate surface area is 416 Å². The van der Waals surface area contributed by atoms with E-state index in [1.807, 2.05) is 34.0 Å².